The van der Waals surface area contributed by atoms with Crippen LogP contribution in [0, 0.1) is 6.92 Å². The molecule has 2 heterocycles. The van der Waals surface area contributed by atoms with Gasteiger partial charge in [-0.15, -0.1) is 0 Å². The van der Waals surface area contributed by atoms with Crippen molar-refractivity contribution in [3.8, 4) is 0 Å². The van der Waals surface area contributed by atoms with E-state index in [4.69, 9.17) is 0 Å². The molecule has 3 amide bonds. The van der Waals surface area contributed by atoms with Crippen LogP contribution in [-0.4, -0.2) is 34.2 Å². The van der Waals surface area contributed by atoms with Crippen LogP contribution in [0.1, 0.15) is 38.3 Å². The number of nitrogens with one attached hydrogen (secondary N) is 2. The molecule has 7 heteroatoms. The quantitative estimate of drug-likeness (QED) is 0.653. The Morgan fingerprint density at radius 3 is 2.38 bits per heavy atom. The highest BCUT2D eigenvalue weighted by atomic mass is 16.2. The van der Waals surface area contributed by atoms with Gasteiger partial charge in [-0.05, 0) is 42.6 Å². The molecule has 0 saturated heterocycles. The third-order valence-electron chi connectivity index (χ3n) is 4.99. The average Bonchev–Trinajstić information content (AvgIpc) is 2.95. The first-order valence-electron chi connectivity index (χ1n) is 9.28. The van der Waals surface area contributed by atoms with Crippen molar-refractivity contribution in [1.82, 2.24) is 15.2 Å². The second-order valence-corrected chi connectivity index (χ2v) is 7.05. The lowest BCUT2D eigenvalue weighted by atomic mass is 10.1. The molecule has 4 rings (SSSR count). The molecule has 7 nitrogen and oxygen atoms in total. The molecular weight excluding hydrogens is 370 g/mol. The van der Waals surface area contributed by atoms with Crippen molar-refractivity contribution in [2.45, 2.75) is 19.9 Å². The summed E-state index contributed by atoms with van der Waals surface area (Å²) in [6.45, 7) is 2.02. The molecule has 0 fully saturated rings. The topological polar surface area (TPSA) is 99.3 Å². The van der Waals surface area contributed by atoms with Crippen molar-refractivity contribution < 1.29 is 14.4 Å². The standard InChI is InChI=1S/C22H19N3O4/c1-13-6-7-18-14(10-13)11-15(20(27)24-18)12-23-19(26)8-9-25-21(28)16-4-2-3-5-17(16)22(25)29/h2-7,10-11H,8-9,12H2,1H3,(H,23,26)(H,24,27). The van der Waals surface area contributed by atoms with Gasteiger partial charge in [0.1, 0.15) is 0 Å². The van der Waals surface area contributed by atoms with E-state index < -0.39 is 0 Å². The second-order valence-electron chi connectivity index (χ2n) is 7.05. The third kappa shape index (κ3) is 3.54. The van der Waals surface area contributed by atoms with Crippen molar-refractivity contribution in [2.24, 2.45) is 0 Å². The predicted molar refractivity (Wildman–Crippen MR) is 108 cm³/mol. The molecule has 3 aromatic rings. The number of hydrogen-bond acceptors (Lipinski definition) is 4. The number of carbonyl (C=O) groups is 3. The Bertz CT molecular complexity index is 1180. The maximum atomic E-state index is 12.3. The average molecular weight is 389 g/mol. The zero-order valence-corrected chi connectivity index (χ0v) is 15.8. The molecule has 146 valence electrons. The lowest BCUT2D eigenvalue weighted by molar-refractivity contribution is -0.121. The number of fused-ring (bicyclic) bond motifs is 2. The van der Waals surface area contributed by atoms with Crippen LogP contribution in [0.15, 0.2) is 53.3 Å². The predicted octanol–water partition coefficient (Wildman–Crippen LogP) is 2.14. The highest BCUT2D eigenvalue weighted by molar-refractivity contribution is 6.21. The fourth-order valence-corrected chi connectivity index (χ4v) is 3.44. The summed E-state index contributed by atoms with van der Waals surface area (Å²) in [5, 5.41) is 3.57. The number of nitrogens with zero attached hydrogens (tertiary/aromatic N) is 1. The normalized spacial score (nSPS) is 13.1. The lowest BCUT2D eigenvalue weighted by Crippen LogP contribution is -2.35. The van der Waals surface area contributed by atoms with E-state index in [9.17, 15) is 19.2 Å². The number of rotatable bonds is 5. The number of H-pyrrole nitrogens is 1. The Hall–Kier alpha value is -3.74. The molecule has 0 radical (unpaired) electrons. The molecule has 0 aliphatic carbocycles. The van der Waals surface area contributed by atoms with Crippen LogP contribution in [0.25, 0.3) is 10.9 Å². The van der Waals surface area contributed by atoms with Gasteiger partial charge in [0.2, 0.25) is 5.91 Å². The van der Waals surface area contributed by atoms with Crippen LogP contribution < -0.4 is 10.9 Å². The van der Waals surface area contributed by atoms with Gasteiger partial charge in [-0.2, -0.15) is 0 Å². The minimum Gasteiger partial charge on any atom is -0.352 e. The van der Waals surface area contributed by atoms with Crippen LogP contribution in [0.3, 0.4) is 0 Å². The summed E-state index contributed by atoms with van der Waals surface area (Å²) >= 11 is 0. The number of aromatic amines is 1. The minimum absolute atomic E-state index is 0.00848. The SMILES string of the molecule is Cc1ccc2[nH]c(=O)c(CNC(=O)CCN3C(=O)c4ccccc4C3=O)cc2c1. The molecule has 1 aromatic heterocycles. The van der Waals surface area contributed by atoms with E-state index in [1.165, 1.54) is 0 Å². The van der Waals surface area contributed by atoms with Crippen molar-refractivity contribution in [1.29, 1.82) is 0 Å². The highest BCUT2D eigenvalue weighted by Crippen LogP contribution is 2.22. The van der Waals surface area contributed by atoms with E-state index in [1.807, 2.05) is 25.1 Å². The summed E-state index contributed by atoms with van der Waals surface area (Å²) in [4.78, 5) is 53.0. The Kier molecular flexibility index (Phi) is 4.72. The molecule has 1 aliphatic rings. The second kappa shape index (κ2) is 7.35. The lowest BCUT2D eigenvalue weighted by Gasteiger charge is -2.13. The van der Waals surface area contributed by atoms with Gasteiger partial charge in [-0.3, -0.25) is 24.1 Å². The summed E-state index contributed by atoms with van der Waals surface area (Å²) in [5.41, 5.74) is 2.70. The number of amides is 3. The van der Waals surface area contributed by atoms with E-state index in [1.54, 1.807) is 30.3 Å². The Morgan fingerprint density at radius 2 is 1.69 bits per heavy atom. The highest BCUT2D eigenvalue weighted by Gasteiger charge is 2.34. The van der Waals surface area contributed by atoms with Gasteiger partial charge in [0.25, 0.3) is 17.4 Å². The first-order chi connectivity index (χ1) is 13.9. The summed E-state index contributed by atoms with van der Waals surface area (Å²) < 4.78 is 0. The maximum absolute atomic E-state index is 12.3. The first-order valence-corrected chi connectivity index (χ1v) is 9.28. The number of pyridine rings is 1. The van der Waals surface area contributed by atoms with Crippen molar-refractivity contribution in [3.63, 3.8) is 0 Å². The first kappa shape index (κ1) is 18.6. The Morgan fingerprint density at radius 1 is 1.00 bits per heavy atom. The summed E-state index contributed by atoms with van der Waals surface area (Å²) in [6, 6.07) is 14.1. The number of carbonyl (C=O) groups excluding carboxylic acids is 3. The molecular formula is C22H19N3O4. The summed E-state index contributed by atoms with van der Waals surface area (Å²) in [7, 11) is 0. The van der Waals surface area contributed by atoms with Gasteiger partial charge in [0, 0.05) is 30.6 Å². The molecule has 2 aromatic carbocycles. The Balaban J connectivity index is 1.38. The van der Waals surface area contributed by atoms with Gasteiger partial charge >= 0.3 is 0 Å². The van der Waals surface area contributed by atoms with Crippen LogP contribution >= 0.6 is 0 Å². The molecule has 0 spiro atoms. The number of benzene rings is 2. The summed E-state index contributed by atoms with van der Waals surface area (Å²) in [6.07, 6.45) is -0.0317. The van der Waals surface area contributed by atoms with E-state index in [0.717, 1.165) is 21.4 Å². The van der Waals surface area contributed by atoms with E-state index >= 15 is 0 Å². The van der Waals surface area contributed by atoms with E-state index in [0.29, 0.717) is 16.7 Å². The molecule has 1 aliphatic heterocycles. The Labute approximate surface area is 166 Å². The van der Waals surface area contributed by atoms with E-state index in [2.05, 4.69) is 10.3 Å². The number of hydrogen-bond donors (Lipinski definition) is 2. The molecule has 2 N–H and O–H groups in total. The number of aryl methyl sites for hydroxylation is 1. The van der Waals surface area contributed by atoms with Gasteiger partial charge in [-0.1, -0.05) is 23.8 Å². The van der Waals surface area contributed by atoms with Crippen molar-refractivity contribution in [3.05, 3.63) is 81.1 Å². The smallest absolute Gasteiger partial charge is 0.261 e. The molecule has 0 saturated carbocycles. The molecule has 0 unspecified atom stereocenters. The van der Waals surface area contributed by atoms with E-state index in [-0.39, 0.29) is 42.8 Å². The summed E-state index contributed by atoms with van der Waals surface area (Å²) in [5.74, 6) is -1.12. The monoisotopic (exact) mass is 389 g/mol. The molecule has 0 bridgehead atoms. The zero-order valence-electron chi connectivity index (χ0n) is 15.8. The van der Waals surface area contributed by atoms with Crippen molar-refractivity contribution >= 4 is 28.6 Å². The zero-order chi connectivity index (χ0) is 20.5. The molecule has 0 atom stereocenters. The van der Waals surface area contributed by atoms with Gasteiger partial charge < -0.3 is 10.3 Å². The maximum Gasteiger partial charge on any atom is 0.261 e. The molecule has 29 heavy (non-hydrogen) atoms. The van der Waals surface area contributed by atoms with Gasteiger partial charge in [0.05, 0.1) is 11.1 Å². The van der Waals surface area contributed by atoms with Crippen LogP contribution in [0.2, 0.25) is 0 Å². The third-order valence-corrected chi connectivity index (χ3v) is 4.99. The fraction of sp³-hybridized carbons (Fsp3) is 0.182. The van der Waals surface area contributed by atoms with Crippen molar-refractivity contribution in [2.75, 3.05) is 6.54 Å². The minimum atomic E-state index is -0.389. The van der Waals surface area contributed by atoms with Crippen LogP contribution in [0.4, 0.5) is 0 Å². The van der Waals surface area contributed by atoms with Gasteiger partial charge in [0.15, 0.2) is 0 Å². The number of aromatic nitrogens is 1. The fourth-order valence-electron chi connectivity index (χ4n) is 3.44. The number of imide groups is 1. The largest absolute Gasteiger partial charge is 0.352 e. The van der Waals surface area contributed by atoms with Gasteiger partial charge in [-0.25, -0.2) is 0 Å². The van der Waals surface area contributed by atoms with Crippen LogP contribution in [0.5, 0.6) is 0 Å². The van der Waals surface area contributed by atoms with Crippen LogP contribution in [-0.2, 0) is 11.3 Å².